The molecular formula is C42H83NO5. The molecule has 0 spiro atoms. The highest BCUT2D eigenvalue weighted by molar-refractivity contribution is 5.81. The summed E-state index contributed by atoms with van der Waals surface area (Å²) in [4.78, 5) is 12.4. The predicted octanol–water partition coefficient (Wildman–Crippen LogP) is 10.5. The van der Waals surface area contributed by atoms with E-state index < -0.39 is 36.9 Å². The highest BCUT2D eigenvalue weighted by Gasteiger charge is 2.28. The maximum absolute atomic E-state index is 12.4. The van der Waals surface area contributed by atoms with Crippen molar-refractivity contribution in [3.63, 3.8) is 0 Å². The Morgan fingerprint density at radius 1 is 0.562 bits per heavy atom. The lowest BCUT2D eigenvalue weighted by atomic mass is 9.99. The zero-order valence-corrected chi connectivity index (χ0v) is 32.2. The molecule has 4 atom stereocenters. The lowest BCUT2D eigenvalue weighted by molar-refractivity contribution is -0.132. The molecule has 0 unspecified atom stereocenters. The highest BCUT2D eigenvalue weighted by Crippen LogP contribution is 2.17. The molecule has 0 fully saturated rings. The Hall–Kier alpha value is -0.950. The Balaban J connectivity index is 3.78. The quantitative estimate of drug-likeness (QED) is 0.0331. The largest absolute Gasteiger partial charge is 0.394 e. The molecule has 6 heteroatoms. The summed E-state index contributed by atoms with van der Waals surface area (Å²) in [5.41, 5.74) is 0. The Labute approximate surface area is 298 Å². The summed E-state index contributed by atoms with van der Waals surface area (Å²) in [6, 6.07) is -1.00. The molecule has 1 amide bonds. The van der Waals surface area contributed by atoms with Gasteiger partial charge in [-0.15, -0.1) is 0 Å². The van der Waals surface area contributed by atoms with Gasteiger partial charge >= 0.3 is 0 Å². The predicted molar refractivity (Wildman–Crippen MR) is 205 cm³/mol. The molecule has 286 valence electrons. The van der Waals surface area contributed by atoms with E-state index in [4.69, 9.17) is 0 Å². The van der Waals surface area contributed by atoms with Gasteiger partial charge in [-0.2, -0.15) is 0 Å². The number of hydrogen-bond donors (Lipinski definition) is 5. The molecule has 0 aliphatic heterocycles. The average Bonchev–Trinajstić information content (AvgIpc) is 3.07. The highest BCUT2D eigenvalue weighted by atomic mass is 16.3. The van der Waals surface area contributed by atoms with Gasteiger partial charge in [0.1, 0.15) is 12.2 Å². The second-order valence-corrected chi connectivity index (χ2v) is 15.2. The maximum Gasteiger partial charge on any atom is 0.249 e. The van der Waals surface area contributed by atoms with Crippen LogP contribution in [-0.4, -0.2) is 57.3 Å². The number of nitrogens with one attached hydrogen (secondary N) is 1. The van der Waals surface area contributed by atoms with E-state index in [0.29, 0.717) is 6.42 Å². The first-order valence-electron chi connectivity index (χ1n) is 20.9. The topological polar surface area (TPSA) is 110 Å². The summed E-state index contributed by atoms with van der Waals surface area (Å²) in [5.74, 6) is 0.179. The first-order valence-corrected chi connectivity index (χ1v) is 20.9. The molecule has 6 nitrogen and oxygen atoms in total. The number of amides is 1. The van der Waals surface area contributed by atoms with Crippen LogP contribution in [0.2, 0.25) is 0 Å². The van der Waals surface area contributed by atoms with E-state index >= 15 is 0 Å². The Morgan fingerprint density at radius 2 is 0.958 bits per heavy atom. The SMILES string of the molecule is CCCCCCCCCCCCCCCCCC/C=C/C[C@@H](O)C(=O)N[C@@H](CO)[C@H](O)[C@H](O)CCCCCCCCCCCCC(C)C. The zero-order valence-electron chi connectivity index (χ0n) is 32.2. The number of rotatable bonds is 37. The minimum absolute atomic E-state index is 0.194. The number of carbonyl (C=O) groups is 1. The van der Waals surface area contributed by atoms with Gasteiger partial charge in [-0.1, -0.05) is 200 Å². The van der Waals surface area contributed by atoms with Crippen molar-refractivity contribution in [3.05, 3.63) is 12.2 Å². The van der Waals surface area contributed by atoms with Crippen LogP contribution in [0.4, 0.5) is 0 Å². The molecule has 0 rings (SSSR count). The lowest BCUT2D eigenvalue weighted by Crippen LogP contribution is -2.53. The van der Waals surface area contributed by atoms with Gasteiger partial charge < -0.3 is 25.7 Å². The Bertz CT molecular complexity index is 700. The van der Waals surface area contributed by atoms with E-state index in [9.17, 15) is 25.2 Å². The summed E-state index contributed by atoms with van der Waals surface area (Å²) >= 11 is 0. The zero-order chi connectivity index (χ0) is 35.5. The minimum Gasteiger partial charge on any atom is -0.394 e. The molecule has 0 radical (unpaired) electrons. The summed E-state index contributed by atoms with van der Waals surface area (Å²) in [7, 11) is 0. The third-order valence-electron chi connectivity index (χ3n) is 9.92. The van der Waals surface area contributed by atoms with E-state index in [1.54, 1.807) is 0 Å². The fourth-order valence-corrected chi connectivity index (χ4v) is 6.54. The van der Waals surface area contributed by atoms with Crippen molar-refractivity contribution in [1.82, 2.24) is 5.32 Å². The van der Waals surface area contributed by atoms with Gasteiger partial charge in [0.2, 0.25) is 5.91 Å². The van der Waals surface area contributed by atoms with Gasteiger partial charge in [0.05, 0.1) is 18.8 Å². The third-order valence-corrected chi connectivity index (χ3v) is 9.92. The number of hydrogen-bond acceptors (Lipinski definition) is 5. The molecule has 0 aliphatic carbocycles. The van der Waals surface area contributed by atoms with Crippen LogP contribution in [0.3, 0.4) is 0 Å². The van der Waals surface area contributed by atoms with Crippen LogP contribution >= 0.6 is 0 Å². The standard InChI is InChI=1S/C42H83NO5/c1-4-5-6-7-8-9-10-11-12-13-14-15-16-17-18-23-26-29-32-35-40(46)42(48)43-38(36-44)41(47)39(45)34-31-28-25-22-20-19-21-24-27-30-33-37(2)3/h29,32,37-41,44-47H,4-28,30-31,33-36H2,1-3H3,(H,43,48)/b32-29+/t38-,39+,40+,41-/m0/s1. The lowest BCUT2D eigenvalue weighted by Gasteiger charge is -2.27. The normalized spacial score (nSPS) is 14.5. The number of carbonyl (C=O) groups excluding carboxylic acids is 1. The van der Waals surface area contributed by atoms with E-state index in [1.165, 1.54) is 148 Å². The van der Waals surface area contributed by atoms with Crippen LogP contribution in [0.15, 0.2) is 12.2 Å². The van der Waals surface area contributed by atoms with Gasteiger partial charge in [0.25, 0.3) is 0 Å². The molecular weight excluding hydrogens is 598 g/mol. The molecule has 0 bridgehead atoms. The van der Waals surface area contributed by atoms with Crippen molar-refractivity contribution in [1.29, 1.82) is 0 Å². The summed E-state index contributed by atoms with van der Waals surface area (Å²) < 4.78 is 0. The monoisotopic (exact) mass is 682 g/mol. The van der Waals surface area contributed by atoms with Crippen molar-refractivity contribution < 1.29 is 25.2 Å². The number of allylic oxidation sites excluding steroid dienone is 1. The first kappa shape index (κ1) is 47.0. The van der Waals surface area contributed by atoms with Crippen LogP contribution in [0.25, 0.3) is 0 Å². The summed E-state index contributed by atoms with van der Waals surface area (Å²) in [6.45, 7) is 6.35. The molecule has 0 aromatic heterocycles. The second kappa shape index (κ2) is 35.9. The number of unbranched alkanes of at least 4 members (excludes halogenated alkanes) is 25. The Kier molecular flexibility index (Phi) is 35.2. The van der Waals surface area contributed by atoms with E-state index in [2.05, 4.69) is 26.1 Å². The molecule has 0 aromatic carbocycles. The van der Waals surface area contributed by atoms with Gasteiger partial charge in [-0.3, -0.25) is 4.79 Å². The average molecular weight is 682 g/mol. The van der Waals surface area contributed by atoms with Crippen molar-refractivity contribution in [2.75, 3.05) is 6.61 Å². The first-order chi connectivity index (χ1) is 23.3. The molecule has 0 aliphatic rings. The van der Waals surface area contributed by atoms with E-state index in [1.807, 2.05) is 12.2 Å². The second-order valence-electron chi connectivity index (χ2n) is 15.2. The van der Waals surface area contributed by atoms with Gasteiger partial charge in [0, 0.05) is 6.42 Å². The number of aliphatic hydroxyl groups excluding tert-OH is 4. The maximum atomic E-state index is 12.4. The fourth-order valence-electron chi connectivity index (χ4n) is 6.54. The van der Waals surface area contributed by atoms with Crippen molar-refractivity contribution >= 4 is 5.91 Å². The van der Waals surface area contributed by atoms with Crippen LogP contribution in [0.1, 0.15) is 213 Å². The van der Waals surface area contributed by atoms with E-state index in [0.717, 1.165) is 38.0 Å². The summed E-state index contributed by atoms with van der Waals surface area (Å²) in [5, 5.41) is 43.5. The smallest absolute Gasteiger partial charge is 0.249 e. The summed E-state index contributed by atoms with van der Waals surface area (Å²) in [6.07, 6.45) is 36.9. The molecule has 48 heavy (non-hydrogen) atoms. The van der Waals surface area contributed by atoms with Crippen molar-refractivity contribution in [2.24, 2.45) is 5.92 Å². The van der Waals surface area contributed by atoms with Crippen LogP contribution < -0.4 is 5.32 Å². The molecule has 5 N–H and O–H groups in total. The fraction of sp³-hybridized carbons (Fsp3) is 0.929. The van der Waals surface area contributed by atoms with Gasteiger partial charge in [-0.05, 0) is 25.2 Å². The molecule has 0 saturated heterocycles. The van der Waals surface area contributed by atoms with Gasteiger partial charge in [-0.25, -0.2) is 0 Å². The van der Waals surface area contributed by atoms with Crippen molar-refractivity contribution in [3.8, 4) is 0 Å². The van der Waals surface area contributed by atoms with Gasteiger partial charge in [0.15, 0.2) is 0 Å². The third kappa shape index (κ3) is 31.1. The Morgan fingerprint density at radius 3 is 1.38 bits per heavy atom. The van der Waals surface area contributed by atoms with Crippen molar-refractivity contribution in [2.45, 2.75) is 238 Å². The molecule has 0 aromatic rings. The minimum atomic E-state index is -1.27. The van der Waals surface area contributed by atoms with Crippen LogP contribution in [0.5, 0.6) is 0 Å². The van der Waals surface area contributed by atoms with E-state index in [-0.39, 0.29) is 6.42 Å². The molecule has 0 heterocycles. The van der Waals surface area contributed by atoms with Crippen LogP contribution in [0, 0.1) is 5.92 Å². The number of aliphatic hydroxyl groups is 4. The molecule has 0 saturated carbocycles. The van der Waals surface area contributed by atoms with Crippen LogP contribution in [-0.2, 0) is 4.79 Å².